The zero-order valence-electron chi connectivity index (χ0n) is 13.5. The molecule has 0 aliphatic carbocycles. The van der Waals surface area contributed by atoms with Crippen molar-refractivity contribution in [3.63, 3.8) is 0 Å². The van der Waals surface area contributed by atoms with Gasteiger partial charge in [0.25, 0.3) is 0 Å². The summed E-state index contributed by atoms with van der Waals surface area (Å²) in [6.07, 6.45) is 0. The molecule has 0 spiro atoms. The standard InChI is InChI=1S/C22H20S/c1-16-11-12-17(2)22-15-19(13-14-21(16)22)18-7-4-3-5-9-20(23)10-6-8-18/h3-15,23H,1-2H3. The fraction of sp³-hybridized carbons (Fsp3) is 0.0909. The van der Waals surface area contributed by atoms with Gasteiger partial charge < -0.3 is 0 Å². The van der Waals surface area contributed by atoms with E-state index in [-0.39, 0.29) is 0 Å². The van der Waals surface area contributed by atoms with Crippen LogP contribution in [0.3, 0.4) is 0 Å². The van der Waals surface area contributed by atoms with Gasteiger partial charge in [-0.15, -0.1) is 12.6 Å². The van der Waals surface area contributed by atoms with Crippen LogP contribution >= 0.6 is 12.6 Å². The fourth-order valence-corrected chi connectivity index (χ4v) is 2.93. The van der Waals surface area contributed by atoms with Crippen LogP contribution in [0.15, 0.2) is 83.8 Å². The molecule has 114 valence electrons. The van der Waals surface area contributed by atoms with Crippen LogP contribution in [0.5, 0.6) is 0 Å². The highest BCUT2D eigenvalue weighted by Crippen LogP contribution is 2.28. The highest BCUT2D eigenvalue weighted by Gasteiger charge is 2.03. The van der Waals surface area contributed by atoms with Crippen LogP contribution < -0.4 is 0 Å². The molecular weight excluding hydrogens is 296 g/mol. The molecule has 3 aromatic rings. The molecule has 0 heterocycles. The first-order valence-corrected chi connectivity index (χ1v) is 8.22. The van der Waals surface area contributed by atoms with Gasteiger partial charge in [0.1, 0.15) is 0 Å². The third-order valence-corrected chi connectivity index (χ3v) is 4.39. The van der Waals surface area contributed by atoms with Gasteiger partial charge in [-0.05, 0) is 65.1 Å². The van der Waals surface area contributed by atoms with E-state index in [1.165, 1.54) is 33.0 Å². The average molecular weight is 316 g/mol. The molecular formula is C22H20S. The summed E-state index contributed by atoms with van der Waals surface area (Å²) < 4.78 is 0. The van der Waals surface area contributed by atoms with Gasteiger partial charge in [0, 0.05) is 4.90 Å². The van der Waals surface area contributed by atoms with E-state index in [9.17, 15) is 0 Å². The molecule has 0 aromatic heterocycles. The van der Waals surface area contributed by atoms with Gasteiger partial charge in [-0.25, -0.2) is 0 Å². The Labute approximate surface area is 143 Å². The van der Waals surface area contributed by atoms with Gasteiger partial charge in [0.15, 0.2) is 0 Å². The zero-order valence-corrected chi connectivity index (χ0v) is 14.3. The number of hydrogen-bond donors (Lipinski definition) is 1. The van der Waals surface area contributed by atoms with Crippen LogP contribution in [-0.4, -0.2) is 0 Å². The Bertz CT molecular complexity index is 908. The number of benzene rings is 2. The predicted octanol–water partition coefficient (Wildman–Crippen LogP) is 6.54. The van der Waals surface area contributed by atoms with Crippen molar-refractivity contribution in [2.75, 3.05) is 0 Å². The van der Waals surface area contributed by atoms with E-state index in [1.807, 2.05) is 30.3 Å². The average Bonchev–Trinajstić information content (AvgIpc) is 2.56. The highest BCUT2D eigenvalue weighted by molar-refractivity contribution is 7.80. The minimum absolute atomic E-state index is 0.942. The molecule has 0 amide bonds. The van der Waals surface area contributed by atoms with Gasteiger partial charge in [-0.3, -0.25) is 0 Å². The molecule has 0 saturated carbocycles. The van der Waals surface area contributed by atoms with E-state index < -0.39 is 0 Å². The van der Waals surface area contributed by atoms with E-state index in [2.05, 4.69) is 75.0 Å². The Morgan fingerprint density at radius 2 is 1.22 bits per heavy atom. The first kappa shape index (κ1) is 15.6. The molecule has 0 fully saturated rings. The summed E-state index contributed by atoms with van der Waals surface area (Å²) in [4.78, 5) is 0.942. The predicted molar refractivity (Wildman–Crippen MR) is 104 cm³/mol. The lowest BCUT2D eigenvalue weighted by molar-refractivity contribution is 1.46. The monoisotopic (exact) mass is 316 g/mol. The van der Waals surface area contributed by atoms with Crippen molar-refractivity contribution in [1.29, 1.82) is 0 Å². The van der Waals surface area contributed by atoms with Gasteiger partial charge in [-0.1, -0.05) is 60.7 Å². The molecule has 0 aliphatic rings. The van der Waals surface area contributed by atoms with Crippen LogP contribution in [0.4, 0.5) is 0 Å². The molecule has 0 nitrogen and oxygen atoms in total. The van der Waals surface area contributed by atoms with Crippen molar-refractivity contribution < 1.29 is 0 Å². The molecule has 0 unspecified atom stereocenters. The van der Waals surface area contributed by atoms with Crippen molar-refractivity contribution in [3.05, 3.63) is 90.0 Å². The smallest absolute Gasteiger partial charge is 0.00399 e. The molecule has 0 aliphatic heterocycles. The van der Waals surface area contributed by atoms with E-state index >= 15 is 0 Å². The second-order valence-electron chi connectivity index (χ2n) is 5.78. The lowest BCUT2D eigenvalue weighted by Crippen LogP contribution is -1.84. The number of aryl methyl sites for hydroxylation is 2. The van der Waals surface area contributed by atoms with E-state index in [1.54, 1.807) is 0 Å². The molecule has 0 saturated heterocycles. The summed E-state index contributed by atoms with van der Waals surface area (Å²) in [5.41, 5.74) is 5.05. The van der Waals surface area contributed by atoms with Crippen molar-refractivity contribution >= 4 is 23.4 Å². The minimum atomic E-state index is 0.942. The topological polar surface area (TPSA) is 0 Å². The maximum absolute atomic E-state index is 4.42. The van der Waals surface area contributed by atoms with E-state index in [4.69, 9.17) is 0 Å². The number of hydrogen-bond acceptors (Lipinski definition) is 1. The zero-order chi connectivity index (χ0) is 16.2. The van der Waals surface area contributed by atoms with Crippen LogP contribution in [0.2, 0.25) is 0 Å². The third-order valence-electron chi connectivity index (χ3n) is 4.09. The van der Waals surface area contributed by atoms with E-state index in [0.29, 0.717) is 0 Å². The second-order valence-corrected chi connectivity index (χ2v) is 6.29. The summed E-state index contributed by atoms with van der Waals surface area (Å²) in [5, 5.41) is 2.65. The van der Waals surface area contributed by atoms with Gasteiger partial charge in [0.2, 0.25) is 0 Å². The SMILES string of the molecule is Cc1ccc(C)c2cc(-c3cccccc(S)ccc3)ccc12. The molecule has 23 heavy (non-hydrogen) atoms. The Kier molecular flexibility index (Phi) is 4.68. The summed E-state index contributed by atoms with van der Waals surface area (Å²) in [7, 11) is 0. The number of fused-ring (bicyclic) bond motifs is 1. The summed E-state index contributed by atoms with van der Waals surface area (Å²) in [5.74, 6) is 0. The second kappa shape index (κ2) is 6.89. The lowest BCUT2D eigenvalue weighted by atomic mass is 9.96. The molecule has 0 radical (unpaired) electrons. The normalized spacial score (nSPS) is 10.4. The Morgan fingerprint density at radius 1 is 0.565 bits per heavy atom. The van der Waals surface area contributed by atoms with E-state index in [0.717, 1.165) is 4.90 Å². The van der Waals surface area contributed by atoms with Crippen LogP contribution in [0.1, 0.15) is 11.1 Å². The maximum atomic E-state index is 4.42. The first-order valence-electron chi connectivity index (χ1n) is 7.78. The lowest BCUT2D eigenvalue weighted by Gasteiger charge is -2.08. The van der Waals surface area contributed by atoms with Crippen molar-refractivity contribution in [2.45, 2.75) is 18.7 Å². The van der Waals surface area contributed by atoms with Crippen molar-refractivity contribution in [2.24, 2.45) is 0 Å². The summed E-state index contributed by atoms with van der Waals surface area (Å²) >= 11 is 4.42. The molecule has 1 heteroatoms. The Hall–Kier alpha value is -2.25. The Balaban J connectivity index is 2.20. The van der Waals surface area contributed by atoms with Crippen molar-refractivity contribution in [3.8, 4) is 11.1 Å². The maximum Gasteiger partial charge on any atom is 0.00399 e. The molecule has 0 bridgehead atoms. The fourth-order valence-electron chi connectivity index (χ4n) is 2.75. The van der Waals surface area contributed by atoms with Crippen LogP contribution in [0, 0.1) is 13.8 Å². The number of thiol groups is 1. The molecule has 3 rings (SSSR count). The number of rotatable bonds is 1. The third kappa shape index (κ3) is 3.57. The summed E-state index contributed by atoms with van der Waals surface area (Å²) in [6, 6.07) is 27.5. The molecule has 0 atom stereocenters. The molecule has 0 N–H and O–H groups in total. The van der Waals surface area contributed by atoms with Gasteiger partial charge >= 0.3 is 0 Å². The first-order chi connectivity index (χ1) is 11.1. The van der Waals surface area contributed by atoms with Gasteiger partial charge in [-0.2, -0.15) is 0 Å². The van der Waals surface area contributed by atoms with Crippen molar-refractivity contribution in [1.82, 2.24) is 0 Å². The highest BCUT2D eigenvalue weighted by atomic mass is 32.1. The Morgan fingerprint density at radius 3 is 2.04 bits per heavy atom. The largest absolute Gasteiger partial charge is 0.143 e. The van der Waals surface area contributed by atoms with Crippen LogP contribution in [-0.2, 0) is 0 Å². The van der Waals surface area contributed by atoms with Gasteiger partial charge in [0.05, 0.1) is 0 Å². The van der Waals surface area contributed by atoms with Crippen LogP contribution in [0.25, 0.3) is 21.9 Å². The summed E-state index contributed by atoms with van der Waals surface area (Å²) in [6.45, 7) is 4.34. The minimum Gasteiger partial charge on any atom is -0.143 e. The molecule has 3 aromatic carbocycles. The quantitative estimate of drug-likeness (QED) is 0.484.